The third-order valence-corrected chi connectivity index (χ3v) is 2.42. The molecule has 0 aromatic heterocycles. The predicted octanol–water partition coefficient (Wildman–Crippen LogP) is 2.19. The van der Waals surface area contributed by atoms with Crippen LogP contribution in [0.1, 0.15) is 18.0 Å². The molecule has 1 atom stereocenters. The number of benzene rings is 1. The van der Waals surface area contributed by atoms with Crippen molar-refractivity contribution in [2.45, 2.75) is 12.5 Å². The molecule has 0 saturated carbocycles. The molecule has 0 spiro atoms. The summed E-state index contributed by atoms with van der Waals surface area (Å²) in [7, 11) is 1.36. The van der Waals surface area contributed by atoms with Crippen LogP contribution in [-0.4, -0.2) is 26.2 Å². The standard InChI is InChI=1S/C12H16N4O2/c1-18-12(17)11(10-6-3-2-4-7-10)14-8-5-9-15-16-13/h2-4,6-7,11,14H,5,8-9H2,1H3. The lowest BCUT2D eigenvalue weighted by Crippen LogP contribution is -2.30. The molecule has 0 aliphatic carbocycles. The maximum atomic E-state index is 11.7. The van der Waals surface area contributed by atoms with E-state index in [4.69, 9.17) is 10.3 Å². The highest BCUT2D eigenvalue weighted by molar-refractivity contribution is 5.77. The van der Waals surface area contributed by atoms with Crippen molar-refractivity contribution >= 4 is 5.97 Å². The van der Waals surface area contributed by atoms with Gasteiger partial charge in [-0.2, -0.15) is 0 Å². The first kappa shape index (κ1) is 14.0. The van der Waals surface area contributed by atoms with Gasteiger partial charge in [0.1, 0.15) is 6.04 Å². The van der Waals surface area contributed by atoms with Crippen LogP contribution in [0.5, 0.6) is 0 Å². The fraction of sp³-hybridized carbons (Fsp3) is 0.417. The minimum Gasteiger partial charge on any atom is -0.468 e. The highest BCUT2D eigenvalue weighted by atomic mass is 16.5. The van der Waals surface area contributed by atoms with Crippen LogP contribution in [-0.2, 0) is 9.53 Å². The van der Waals surface area contributed by atoms with Crippen molar-refractivity contribution in [3.05, 3.63) is 46.3 Å². The maximum absolute atomic E-state index is 11.7. The van der Waals surface area contributed by atoms with Crippen LogP contribution in [0.25, 0.3) is 10.4 Å². The van der Waals surface area contributed by atoms with Crippen molar-refractivity contribution in [2.75, 3.05) is 20.2 Å². The second kappa shape index (κ2) is 8.11. The van der Waals surface area contributed by atoms with Gasteiger partial charge in [-0.3, -0.25) is 0 Å². The predicted molar refractivity (Wildman–Crippen MR) is 67.8 cm³/mol. The number of azide groups is 1. The molecule has 0 radical (unpaired) electrons. The summed E-state index contributed by atoms with van der Waals surface area (Å²) in [5.41, 5.74) is 9.00. The topological polar surface area (TPSA) is 87.1 Å². The second-order valence-electron chi connectivity index (χ2n) is 3.63. The smallest absolute Gasteiger partial charge is 0.327 e. The Morgan fingerprint density at radius 3 is 2.83 bits per heavy atom. The van der Waals surface area contributed by atoms with E-state index >= 15 is 0 Å². The number of esters is 1. The van der Waals surface area contributed by atoms with Crippen LogP contribution in [0.4, 0.5) is 0 Å². The van der Waals surface area contributed by atoms with Gasteiger partial charge in [-0.05, 0) is 24.1 Å². The largest absolute Gasteiger partial charge is 0.468 e. The van der Waals surface area contributed by atoms with Gasteiger partial charge in [-0.15, -0.1) is 0 Å². The van der Waals surface area contributed by atoms with Crippen LogP contribution in [0, 0.1) is 0 Å². The number of nitrogens with zero attached hydrogens (tertiary/aromatic N) is 3. The Balaban J connectivity index is 2.57. The molecule has 0 fully saturated rings. The van der Waals surface area contributed by atoms with Crippen LogP contribution in [0.3, 0.4) is 0 Å². The van der Waals surface area contributed by atoms with E-state index in [0.29, 0.717) is 19.5 Å². The van der Waals surface area contributed by atoms with Crippen LogP contribution >= 0.6 is 0 Å². The van der Waals surface area contributed by atoms with Crippen LogP contribution < -0.4 is 5.32 Å². The van der Waals surface area contributed by atoms with E-state index in [9.17, 15) is 4.79 Å². The molecular formula is C12H16N4O2. The van der Waals surface area contributed by atoms with Crippen molar-refractivity contribution in [3.8, 4) is 0 Å². The quantitative estimate of drug-likeness (QED) is 0.264. The lowest BCUT2D eigenvalue weighted by Gasteiger charge is -2.16. The molecule has 6 nitrogen and oxygen atoms in total. The van der Waals surface area contributed by atoms with Crippen molar-refractivity contribution < 1.29 is 9.53 Å². The highest BCUT2D eigenvalue weighted by Crippen LogP contribution is 2.13. The van der Waals surface area contributed by atoms with Gasteiger partial charge < -0.3 is 10.1 Å². The Hall–Kier alpha value is -2.04. The molecule has 0 bridgehead atoms. The Morgan fingerprint density at radius 1 is 1.50 bits per heavy atom. The summed E-state index contributed by atoms with van der Waals surface area (Å²) in [4.78, 5) is 14.3. The molecule has 0 aliphatic heterocycles. The average Bonchev–Trinajstić information content (AvgIpc) is 2.43. The van der Waals surface area contributed by atoms with E-state index in [1.54, 1.807) is 0 Å². The second-order valence-corrected chi connectivity index (χ2v) is 3.63. The SMILES string of the molecule is COC(=O)C(NCCCN=[N+]=[N-])c1ccccc1. The molecule has 6 heteroatoms. The third kappa shape index (κ3) is 4.45. The summed E-state index contributed by atoms with van der Waals surface area (Å²) < 4.78 is 4.76. The van der Waals surface area contributed by atoms with Crippen LogP contribution in [0.2, 0.25) is 0 Å². The van der Waals surface area contributed by atoms with Gasteiger partial charge in [0.15, 0.2) is 0 Å². The zero-order valence-corrected chi connectivity index (χ0v) is 10.2. The van der Waals surface area contributed by atoms with E-state index < -0.39 is 6.04 Å². The minimum absolute atomic E-state index is 0.329. The Bertz CT molecular complexity index is 415. The van der Waals surface area contributed by atoms with Crippen LogP contribution in [0.15, 0.2) is 35.4 Å². The molecule has 1 N–H and O–H groups in total. The van der Waals surface area contributed by atoms with Gasteiger partial charge in [0, 0.05) is 11.5 Å². The van der Waals surface area contributed by atoms with E-state index in [1.165, 1.54) is 7.11 Å². The minimum atomic E-state index is -0.484. The first-order valence-corrected chi connectivity index (χ1v) is 5.66. The van der Waals surface area contributed by atoms with E-state index in [0.717, 1.165) is 5.56 Å². The van der Waals surface area contributed by atoms with Crippen molar-refractivity contribution in [2.24, 2.45) is 5.11 Å². The van der Waals surface area contributed by atoms with Crippen molar-refractivity contribution in [1.29, 1.82) is 0 Å². The number of ether oxygens (including phenoxy) is 1. The van der Waals surface area contributed by atoms with Gasteiger partial charge in [-0.1, -0.05) is 35.4 Å². The molecule has 1 unspecified atom stereocenters. The number of methoxy groups -OCH3 is 1. The van der Waals surface area contributed by atoms with Gasteiger partial charge in [0.05, 0.1) is 7.11 Å². The third-order valence-electron chi connectivity index (χ3n) is 2.42. The molecule has 1 rings (SSSR count). The van der Waals surface area contributed by atoms with Gasteiger partial charge in [-0.25, -0.2) is 4.79 Å². The first-order chi connectivity index (χ1) is 8.79. The average molecular weight is 248 g/mol. The molecule has 96 valence electrons. The van der Waals surface area contributed by atoms with Gasteiger partial charge in [0.25, 0.3) is 0 Å². The molecule has 0 aliphatic rings. The molecule has 0 saturated heterocycles. The maximum Gasteiger partial charge on any atom is 0.327 e. The van der Waals surface area contributed by atoms with E-state index in [2.05, 4.69) is 15.3 Å². The highest BCUT2D eigenvalue weighted by Gasteiger charge is 2.19. The number of hydrogen-bond acceptors (Lipinski definition) is 4. The van der Waals surface area contributed by atoms with E-state index in [-0.39, 0.29) is 5.97 Å². The zero-order valence-electron chi connectivity index (χ0n) is 10.2. The van der Waals surface area contributed by atoms with E-state index in [1.807, 2.05) is 30.3 Å². The van der Waals surface area contributed by atoms with Gasteiger partial charge in [0.2, 0.25) is 0 Å². The lowest BCUT2D eigenvalue weighted by molar-refractivity contribution is -0.143. The zero-order chi connectivity index (χ0) is 13.2. The molecule has 0 heterocycles. The summed E-state index contributed by atoms with van der Waals surface area (Å²) in [5, 5.41) is 6.52. The molecular weight excluding hydrogens is 232 g/mol. The number of hydrogen-bond donors (Lipinski definition) is 1. The number of nitrogens with one attached hydrogen (secondary N) is 1. The molecule has 1 aromatic carbocycles. The number of carbonyl (C=O) groups is 1. The Kier molecular flexibility index (Phi) is 6.32. The summed E-state index contributed by atoms with van der Waals surface area (Å²) >= 11 is 0. The normalized spacial score (nSPS) is 11.4. The number of rotatable bonds is 7. The molecule has 18 heavy (non-hydrogen) atoms. The Morgan fingerprint density at radius 2 is 2.22 bits per heavy atom. The number of carbonyl (C=O) groups excluding carboxylic acids is 1. The molecule has 0 amide bonds. The summed E-state index contributed by atoms with van der Waals surface area (Å²) in [6.07, 6.45) is 0.671. The monoisotopic (exact) mass is 248 g/mol. The summed E-state index contributed by atoms with van der Waals surface area (Å²) in [6.45, 7) is 0.986. The fourth-order valence-electron chi connectivity index (χ4n) is 1.54. The summed E-state index contributed by atoms with van der Waals surface area (Å²) in [5.74, 6) is -0.329. The summed E-state index contributed by atoms with van der Waals surface area (Å²) in [6, 6.07) is 8.87. The Labute approximate surface area is 106 Å². The van der Waals surface area contributed by atoms with Gasteiger partial charge >= 0.3 is 5.97 Å². The molecule has 1 aromatic rings. The first-order valence-electron chi connectivity index (χ1n) is 5.66. The lowest BCUT2D eigenvalue weighted by atomic mass is 10.1. The van der Waals surface area contributed by atoms with Crippen molar-refractivity contribution in [3.63, 3.8) is 0 Å². The fourth-order valence-corrected chi connectivity index (χ4v) is 1.54. The van der Waals surface area contributed by atoms with Crippen molar-refractivity contribution in [1.82, 2.24) is 5.32 Å².